The molecule has 0 aliphatic carbocycles. The first kappa shape index (κ1) is 21.5. The molecular formula is C24H19FN4O2S. The number of hydrogen-bond acceptors (Lipinski definition) is 5. The van der Waals surface area contributed by atoms with Gasteiger partial charge in [0.1, 0.15) is 5.82 Å². The molecular weight excluding hydrogens is 427 g/mol. The van der Waals surface area contributed by atoms with Gasteiger partial charge in [0, 0.05) is 5.56 Å². The standard InChI is InChI=1S/C24H19FN4O2S/c1-16-10-12-18(13-11-16)29-23(31)19-7-3-5-9-21(19)27-24(29)32-15-22(30)28-26-14-17-6-2-4-8-20(17)25/h2-14H,15H2,1H3,(H,28,30). The Bertz CT molecular complexity index is 1370. The van der Waals surface area contributed by atoms with E-state index in [1.807, 2.05) is 37.3 Å². The normalized spacial score (nSPS) is 11.2. The van der Waals surface area contributed by atoms with Crippen molar-refractivity contribution in [2.45, 2.75) is 12.1 Å². The zero-order valence-electron chi connectivity index (χ0n) is 17.2. The van der Waals surface area contributed by atoms with E-state index < -0.39 is 11.7 Å². The maximum atomic E-state index is 13.6. The minimum absolute atomic E-state index is 0.0226. The summed E-state index contributed by atoms with van der Waals surface area (Å²) < 4.78 is 15.1. The average molecular weight is 447 g/mol. The molecule has 1 N–H and O–H groups in total. The summed E-state index contributed by atoms with van der Waals surface area (Å²) in [6.07, 6.45) is 1.24. The van der Waals surface area contributed by atoms with Crippen molar-refractivity contribution in [1.82, 2.24) is 15.0 Å². The Kier molecular flexibility index (Phi) is 6.42. The number of nitrogens with zero attached hydrogens (tertiary/aromatic N) is 3. The lowest BCUT2D eigenvalue weighted by molar-refractivity contribution is -0.118. The van der Waals surface area contributed by atoms with Crippen molar-refractivity contribution < 1.29 is 9.18 Å². The first-order valence-electron chi connectivity index (χ1n) is 9.81. The zero-order chi connectivity index (χ0) is 22.5. The fourth-order valence-electron chi connectivity index (χ4n) is 3.05. The summed E-state index contributed by atoms with van der Waals surface area (Å²) in [7, 11) is 0. The van der Waals surface area contributed by atoms with E-state index in [1.165, 1.54) is 16.8 Å². The number of amides is 1. The predicted octanol–water partition coefficient (Wildman–Crippen LogP) is 4.08. The Morgan fingerprint density at radius 3 is 2.59 bits per heavy atom. The van der Waals surface area contributed by atoms with Gasteiger partial charge in [-0.25, -0.2) is 14.8 Å². The van der Waals surface area contributed by atoms with Gasteiger partial charge in [-0.15, -0.1) is 0 Å². The van der Waals surface area contributed by atoms with Crippen LogP contribution < -0.4 is 11.0 Å². The van der Waals surface area contributed by atoms with Crippen LogP contribution in [0, 0.1) is 12.7 Å². The number of hydrogen-bond donors (Lipinski definition) is 1. The second kappa shape index (κ2) is 9.57. The molecule has 0 radical (unpaired) electrons. The molecule has 3 aromatic carbocycles. The van der Waals surface area contributed by atoms with E-state index in [-0.39, 0.29) is 16.9 Å². The fraction of sp³-hybridized carbons (Fsp3) is 0.0833. The lowest BCUT2D eigenvalue weighted by Gasteiger charge is -2.13. The van der Waals surface area contributed by atoms with E-state index in [9.17, 15) is 14.0 Å². The summed E-state index contributed by atoms with van der Waals surface area (Å²) in [5, 5.41) is 4.70. The lowest BCUT2D eigenvalue weighted by atomic mass is 10.2. The molecule has 0 saturated carbocycles. The Hall–Kier alpha value is -3.78. The molecule has 4 rings (SSSR count). The van der Waals surface area contributed by atoms with Gasteiger partial charge in [-0.3, -0.25) is 14.2 Å². The van der Waals surface area contributed by atoms with Crippen LogP contribution in [0.4, 0.5) is 4.39 Å². The number of nitrogens with one attached hydrogen (secondary N) is 1. The summed E-state index contributed by atoms with van der Waals surface area (Å²) in [6.45, 7) is 1.97. The van der Waals surface area contributed by atoms with Gasteiger partial charge < -0.3 is 0 Å². The number of aryl methyl sites for hydroxylation is 1. The Balaban J connectivity index is 1.57. The first-order valence-corrected chi connectivity index (χ1v) is 10.8. The maximum absolute atomic E-state index is 13.6. The molecule has 0 aliphatic heterocycles. The molecule has 1 amide bonds. The SMILES string of the molecule is Cc1ccc(-n2c(SCC(=O)NN=Cc3ccccc3F)nc3ccccc3c2=O)cc1. The van der Waals surface area contributed by atoms with E-state index in [2.05, 4.69) is 15.5 Å². The van der Waals surface area contributed by atoms with Gasteiger partial charge in [-0.1, -0.05) is 59.8 Å². The molecule has 0 atom stereocenters. The average Bonchev–Trinajstić information content (AvgIpc) is 2.80. The van der Waals surface area contributed by atoms with Gasteiger partial charge in [0.05, 0.1) is 28.6 Å². The highest BCUT2D eigenvalue weighted by Gasteiger charge is 2.14. The van der Waals surface area contributed by atoms with Gasteiger partial charge in [-0.2, -0.15) is 5.10 Å². The van der Waals surface area contributed by atoms with Crippen molar-refractivity contribution in [1.29, 1.82) is 0 Å². The number of benzene rings is 3. The van der Waals surface area contributed by atoms with Crippen molar-refractivity contribution in [3.05, 3.63) is 100 Å². The third kappa shape index (κ3) is 4.76. The van der Waals surface area contributed by atoms with Crippen LogP contribution in [-0.4, -0.2) is 27.4 Å². The highest BCUT2D eigenvalue weighted by Crippen LogP contribution is 2.21. The molecule has 4 aromatic rings. The summed E-state index contributed by atoms with van der Waals surface area (Å²) in [5.41, 5.74) is 4.72. The second-order valence-electron chi connectivity index (χ2n) is 6.99. The summed E-state index contributed by atoms with van der Waals surface area (Å²) in [6, 6.07) is 20.7. The zero-order valence-corrected chi connectivity index (χ0v) is 18.0. The van der Waals surface area contributed by atoms with Crippen LogP contribution in [0.15, 0.2) is 87.8 Å². The van der Waals surface area contributed by atoms with Crippen molar-refractivity contribution in [3.8, 4) is 5.69 Å². The van der Waals surface area contributed by atoms with E-state index in [4.69, 9.17) is 0 Å². The molecule has 0 saturated heterocycles. The minimum Gasteiger partial charge on any atom is -0.272 e. The molecule has 0 unspecified atom stereocenters. The van der Waals surface area contributed by atoms with Crippen molar-refractivity contribution in [2.75, 3.05) is 5.75 Å². The Labute approximate surface area is 187 Å². The van der Waals surface area contributed by atoms with E-state index in [0.717, 1.165) is 17.3 Å². The summed E-state index contributed by atoms with van der Waals surface area (Å²) in [5.74, 6) is -0.853. The van der Waals surface area contributed by atoms with Crippen LogP contribution in [0.1, 0.15) is 11.1 Å². The second-order valence-corrected chi connectivity index (χ2v) is 7.93. The van der Waals surface area contributed by atoms with Gasteiger partial charge in [0.25, 0.3) is 11.5 Å². The number of aromatic nitrogens is 2. The number of carbonyl (C=O) groups is 1. The monoisotopic (exact) mass is 446 g/mol. The largest absolute Gasteiger partial charge is 0.272 e. The molecule has 0 aliphatic rings. The van der Waals surface area contributed by atoms with Crippen LogP contribution in [-0.2, 0) is 4.79 Å². The number of para-hydroxylation sites is 1. The smallest absolute Gasteiger partial charge is 0.266 e. The highest BCUT2D eigenvalue weighted by molar-refractivity contribution is 7.99. The van der Waals surface area contributed by atoms with Gasteiger partial charge >= 0.3 is 0 Å². The maximum Gasteiger partial charge on any atom is 0.266 e. The Morgan fingerprint density at radius 2 is 1.81 bits per heavy atom. The predicted molar refractivity (Wildman–Crippen MR) is 125 cm³/mol. The molecule has 0 bridgehead atoms. The number of fused-ring (bicyclic) bond motifs is 1. The molecule has 0 spiro atoms. The lowest BCUT2D eigenvalue weighted by Crippen LogP contribution is -2.24. The molecule has 32 heavy (non-hydrogen) atoms. The third-order valence-electron chi connectivity index (χ3n) is 4.67. The van der Waals surface area contributed by atoms with Gasteiger partial charge in [-0.05, 0) is 37.3 Å². The van der Waals surface area contributed by atoms with Crippen LogP contribution >= 0.6 is 11.8 Å². The van der Waals surface area contributed by atoms with Crippen molar-refractivity contribution >= 4 is 34.8 Å². The number of rotatable bonds is 6. The number of halogens is 1. The minimum atomic E-state index is -0.428. The topological polar surface area (TPSA) is 76.3 Å². The van der Waals surface area contributed by atoms with Crippen LogP contribution in [0.25, 0.3) is 16.6 Å². The van der Waals surface area contributed by atoms with Crippen molar-refractivity contribution in [3.63, 3.8) is 0 Å². The number of thioether (sulfide) groups is 1. The summed E-state index contributed by atoms with van der Waals surface area (Å²) >= 11 is 1.12. The Morgan fingerprint density at radius 1 is 1.09 bits per heavy atom. The van der Waals surface area contributed by atoms with Crippen LogP contribution in [0.2, 0.25) is 0 Å². The van der Waals surface area contributed by atoms with E-state index >= 15 is 0 Å². The molecule has 6 nitrogen and oxygen atoms in total. The highest BCUT2D eigenvalue weighted by atomic mass is 32.2. The molecule has 1 aromatic heterocycles. The van der Waals surface area contributed by atoms with Crippen LogP contribution in [0.3, 0.4) is 0 Å². The molecule has 8 heteroatoms. The van der Waals surface area contributed by atoms with Gasteiger partial charge in [0.15, 0.2) is 5.16 Å². The van der Waals surface area contributed by atoms with Gasteiger partial charge in [0.2, 0.25) is 0 Å². The molecule has 160 valence electrons. The van der Waals surface area contributed by atoms with E-state index in [0.29, 0.717) is 21.7 Å². The number of carbonyl (C=O) groups excluding carboxylic acids is 1. The number of hydrazone groups is 1. The third-order valence-corrected chi connectivity index (χ3v) is 5.61. The fourth-order valence-corrected chi connectivity index (χ4v) is 3.85. The molecule has 1 heterocycles. The summed E-state index contributed by atoms with van der Waals surface area (Å²) in [4.78, 5) is 30.1. The van der Waals surface area contributed by atoms with Crippen LogP contribution in [0.5, 0.6) is 0 Å². The first-order chi connectivity index (χ1) is 15.5. The quantitative estimate of drug-likeness (QED) is 0.210. The van der Waals surface area contributed by atoms with E-state index in [1.54, 1.807) is 36.4 Å². The van der Waals surface area contributed by atoms with Crippen molar-refractivity contribution in [2.24, 2.45) is 5.10 Å². The molecule has 0 fully saturated rings.